The highest BCUT2D eigenvalue weighted by Crippen LogP contribution is 2.28. The summed E-state index contributed by atoms with van der Waals surface area (Å²) < 4.78 is 7.89. The molecule has 7 heteroatoms. The molecule has 0 bridgehead atoms. The maximum absolute atomic E-state index is 13.4. The van der Waals surface area contributed by atoms with Crippen molar-refractivity contribution in [1.29, 1.82) is 0 Å². The van der Waals surface area contributed by atoms with Crippen molar-refractivity contribution in [2.45, 2.75) is 38.0 Å². The van der Waals surface area contributed by atoms with E-state index >= 15 is 0 Å². The second-order valence-corrected chi connectivity index (χ2v) is 10.9. The molecular formula is C35H36N4O3. The third-order valence-electron chi connectivity index (χ3n) is 8.16. The summed E-state index contributed by atoms with van der Waals surface area (Å²) in [4.78, 5) is 33.1. The molecule has 1 atom stereocenters. The minimum absolute atomic E-state index is 0.0435. The zero-order valence-corrected chi connectivity index (χ0v) is 23.6. The van der Waals surface area contributed by atoms with Gasteiger partial charge in [0.05, 0.1) is 17.1 Å². The van der Waals surface area contributed by atoms with Crippen LogP contribution in [0.2, 0.25) is 0 Å². The van der Waals surface area contributed by atoms with Crippen LogP contribution in [-0.2, 0) is 17.8 Å². The van der Waals surface area contributed by atoms with E-state index in [0.717, 1.165) is 29.7 Å². The average Bonchev–Trinajstić information content (AvgIpc) is 3.38. The lowest BCUT2D eigenvalue weighted by Crippen LogP contribution is -2.42. The molecule has 7 nitrogen and oxygen atoms in total. The standard InChI is InChI=1S/C35H36N4O3/c40-34-36-31-18-10-11-19-32(31)39(34)30-20-22-37(23-21-30)35(41)42-26-33(29-16-8-3-9-17-29)38(24-27-12-4-1-5-13-27)25-28-14-6-2-7-15-28/h1-19,30,33H,20-26H2,(H,36,40)/t33-/m0/s1. The first-order valence-electron chi connectivity index (χ1n) is 14.6. The molecule has 0 radical (unpaired) electrons. The Labute approximate surface area is 246 Å². The van der Waals surface area contributed by atoms with Crippen molar-refractivity contribution >= 4 is 17.1 Å². The van der Waals surface area contributed by atoms with E-state index in [4.69, 9.17) is 4.74 Å². The molecule has 6 rings (SSSR count). The molecule has 1 saturated heterocycles. The van der Waals surface area contributed by atoms with Gasteiger partial charge < -0.3 is 14.6 Å². The Hall–Kier alpha value is -4.62. The summed E-state index contributed by atoms with van der Waals surface area (Å²) in [6.45, 7) is 2.77. The summed E-state index contributed by atoms with van der Waals surface area (Å²) >= 11 is 0. The van der Waals surface area contributed by atoms with Gasteiger partial charge in [-0.15, -0.1) is 0 Å². The monoisotopic (exact) mass is 560 g/mol. The number of hydrogen-bond donors (Lipinski definition) is 1. The van der Waals surface area contributed by atoms with Crippen LogP contribution in [0, 0.1) is 0 Å². The third-order valence-corrected chi connectivity index (χ3v) is 8.16. The van der Waals surface area contributed by atoms with E-state index in [0.29, 0.717) is 25.9 Å². The zero-order valence-electron chi connectivity index (χ0n) is 23.6. The minimum Gasteiger partial charge on any atom is -0.447 e. The number of para-hydroxylation sites is 2. The molecule has 1 aliphatic rings. The van der Waals surface area contributed by atoms with Crippen LogP contribution in [0.5, 0.6) is 0 Å². The van der Waals surface area contributed by atoms with E-state index in [1.165, 1.54) is 11.1 Å². The van der Waals surface area contributed by atoms with Crippen LogP contribution in [0.4, 0.5) is 4.79 Å². The van der Waals surface area contributed by atoms with Crippen molar-refractivity contribution in [3.63, 3.8) is 0 Å². The Kier molecular flexibility index (Phi) is 8.47. The third kappa shape index (κ3) is 6.31. The Bertz CT molecular complexity index is 1600. The lowest BCUT2D eigenvalue weighted by molar-refractivity contribution is 0.0514. The number of imidazole rings is 1. The number of aromatic nitrogens is 2. The van der Waals surface area contributed by atoms with E-state index in [-0.39, 0.29) is 30.5 Å². The van der Waals surface area contributed by atoms with E-state index in [1.54, 1.807) is 4.90 Å². The van der Waals surface area contributed by atoms with Crippen LogP contribution in [0.1, 0.15) is 41.6 Å². The van der Waals surface area contributed by atoms with Gasteiger partial charge in [-0.05, 0) is 41.7 Å². The smallest absolute Gasteiger partial charge is 0.409 e. The number of nitrogens with zero attached hydrogens (tertiary/aromatic N) is 3. The van der Waals surface area contributed by atoms with Gasteiger partial charge in [-0.1, -0.05) is 103 Å². The number of piperidine rings is 1. The Morgan fingerprint density at radius 1 is 0.786 bits per heavy atom. The average molecular weight is 561 g/mol. The van der Waals surface area contributed by atoms with Gasteiger partial charge in [0.25, 0.3) is 0 Å². The Balaban J connectivity index is 1.16. The molecule has 1 N–H and O–H groups in total. The first kappa shape index (κ1) is 27.5. The molecule has 0 aliphatic carbocycles. The Morgan fingerprint density at radius 3 is 1.95 bits per heavy atom. The number of H-pyrrole nitrogens is 1. The highest BCUT2D eigenvalue weighted by molar-refractivity contribution is 5.75. The zero-order chi connectivity index (χ0) is 28.7. The van der Waals surface area contributed by atoms with Crippen molar-refractivity contribution in [3.05, 3.63) is 142 Å². The second kappa shape index (κ2) is 12.9. The molecule has 1 aromatic heterocycles. The first-order chi connectivity index (χ1) is 20.7. The van der Waals surface area contributed by atoms with Gasteiger partial charge in [-0.2, -0.15) is 0 Å². The Morgan fingerprint density at radius 2 is 1.33 bits per heavy atom. The van der Waals surface area contributed by atoms with Crippen molar-refractivity contribution in [2.75, 3.05) is 19.7 Å². The molecule has 2 heterocycles. The van der Waals surface area contributed by atoms with Gasteiger partial charge >= 0.3 is 11.8 Å². The maximum Gasteiger partial charge on any atom is 0.409 e. The molecule has 214 valence electrons. The molecule has 0 saturated carbocycles. The number of carbonyl (C=O) groups excluding carboxylic acids is 1. The fraction of sp³-hybridized carbons (Fsp3) is 0.257. The van der Waals surface area contributed by atoms with Crippen molar-refractivity contribution < 1.29 is 9.53 Å². The first-order valence-corrected chi connectivity index (χ1v) is 14.6. The molecule has 0 spiro atoms. The van der Waals surface area contributed by atoms with Crippen LogP contribution < -0.4 is 5.69 Å². The number of nitrogens with one attached hydrogen (secondary N) is 1. The number of fused-ring (bicyclic) bond motifs is 1. The van der Waals surface area contributed by atoms with Crippen molar-refractivity contribution in [3.8, 4) is 0 Å². The van der Waals surface area contributed by atoms with E-state index in [9.17, 15) is 9.59 Å². The molecule has 42 heavy (non-hydrogen) atoms. The van der Waals surface area contributed by atoms with E-state index < -0.39 is 0 Å². The lowest BCUT2D eigenvalue weighted by Gasteiger charge is -2.34. The largest absolute Gasteiger partial charge is 0.447 e. The topological polar surface area (TPSA) is 70.6 Å². The SMILES string of the molecule is O=C(OC[C@@H](c1ccccc1)N(Cc1ccccc1)Cc1ccccc1)N1CCC(n2c(=O)[nH]c3ccccc32)CC1. The maximum atomic E-state index is 13.4. The summed E-state index contributed by atoms with van der Waals surface area (Å²) in [6.07, 6.45) is 1.10. The number of hydrogen-bond acceptors (Lipinski definition) is 4. The fourth-order valence-electron chi connectivity index (χ4n) is 5.98. The van der Waals surface area contributed by atoms with Gasteiger partial charge in [-0.3, -0.25) is 9.47 Å². The van der Waals surface area contributed by atoms with Crippen LogP contribution in [0.3, 0.4) is 0 Å². The lowest BCUT2D eigenvalue weighted by atomic mass is 10.0. The molecule has 1 aliphatic heterocycles. The molecular weight excluding hydrogens is 524 g/mol. The summed E-state index contributed by atoms with van der Waals surface area (Å²) in [7, 11) is 0. The number of carbonyl (C=O) groups is 1. The van der Waals surface area contributed by atoms with Gasteiger partial charge in [0, 0.05) is 32.2 Å². The van der Waals surface area contributed by atoms with Gasteiger partial charge in [0.1, 0.15) is 6.61 Å². The van der Waals surface area contributed by atoms with E-state index in [1.807, 2.05) is 59.2 Å². The molecule has 5 aromatic rings. The summed E-state index contributed by atoms with van der Waals surface area (Å²) in [5.74, 6) is 0. The van der Waals surface area contributed by atoms with Gasteiger partial charge in [0.15, 0.2) is 0 Å². The molecule has 0 unspecified atom stereocenters. The highest BCUT2D eigenvalue weighted by atomic mass is 16.6. The molecule has 4 aromatic carbocycles. The van der Waals surface area contributed by atoms with Crippen LogP contribution in [0.15, 0.2) is 120 Å². The van der Waals surface area contributed by atoms with E-state index in [2.05, 4.69) is 70.5 Å². The molecule has 1 amide bonds. The number of ether oxygens (including phenoxy) is 1. The van der Waals surface area contributed by atoms with Crippen LogP contribution >= 0.6 is 0 Å². The fourth-order valence-corrected chi connectivity index (χ4v) is 5.98. The van der Waals surface area contributed by atoms with Crippen molar-refractivity contribution in [2.24, 2.45) is 0 Å². The quantitative estimate of drug-likeness (QED) is 0.222. The van der Waals surface area contributed by atoms with Crippen LogP contribution in [0.25, 0.3) is 11.0 Å². The normalized spacial score (nSPS) is 14.7. The van der Waals surface area contributed by atoms with Crippen molar-refractivity contribution in [1.82, 2.24) is 19.4 Å². The summed E-state index contributed by atoms with van der Waals surface area (Å²) in [6, 6.07) is 38.8. The van der Waals surface area contributed by atoms with Gasteiger partial charge in [0.2, 0.25) is 0 Å². The number of amides is 1. The number of aromatic amines is 1. The number of rotatable bonds is 9. The predicted molar refractivity (Wildman–Crippen MR) is 165 cm³/mol. The molecule has 1 fully saturated rings. The predicted octanol–water partition coefficient (Wildman–Crippen LogP) is 6.55. The van der Waals surface area contributed by atoms with Gasteiger partial charge in [-0.25, -0.2) is 9.59 Å². The highest BCUT2D eigenvalue weighted by Gasteiger charge is 2.29. The summed E-state index contributed by atoms with van der Waals surface area (Å²) in [5, 5.41) is 0. The minimum atomic E-state index is -0.306. The summed E-state index contributed by atoms with van der Waals surface area (Å²) in [5.41, 5.74) is 5.16. The number of likely N-dealkylation sites (tertiary alicyclic amines) is 1. The second-order valence-electron chi connectivity index (χ2n) is 10.9. The van der Waals surface area contributed by atoms with Crippen LogP contribution in [-0.4, -0.2) is 45.1 Å². The number of benzene rings is 4.